The van der Waals surface area contributed by atoms with Gasteiger partial charge in [-0.15, -0.1) is 0 Å². The van der Waals surface area contributed by atoms with E-state index in [0.717, 1.165) is 12.1 Å². The first-order chi connectivity index (χ1) is 7.95. The van der Waals surface area contributed by atoms with E-state index in [1.165, 1.54) is 0 Å². The molecule has 0 aliphatic heterocycles. The summed E-state index contributed by atoms with van der Waals surface area (Å²) in [5.74, 6) is -1.05. The Hall–Kier alpha value is -1.07. The highest BCUT2D eigenvalue weighted by Gasteiger charge is 2.17. The second-order valence-corrected chi connectivity index (χ2v) is 3.68. The zero-order valence-electron chi connectivity index (χ0n) is 8.68. The van der Waals surface area contributed by atoms with Crippen LogP contribution < -0.4 is 4.74 Å². The summed E-state index contributed by atoms with van der Waals surface area (Å²) in [6, 6.07) is 2.17. The maximum absolute atomic E-state index is 12.1. The minimum absolute atomic E-state index is 0.00932. The number of alkyl halides is 2. The molecule has 0 aromatic heterocycles. The minimum atomic E-state index is -3.04. The monoisotopic (exact) mass is 284 g/mol. The first-order valence-corrected chi connectivity index (χ1v) is 5.32. The van der Waals surface area contributed by atoms with Gasteiger partial charge in [0, 0.05) is 0 Å². The highest BCUT2D eigenvalue weighted by molar-refractivity contribution is 6.37. The smallest absolute Gasteiger partial charge is 0.387 e. The quantitative estimate of drug-likeness (QED) is 0.790. The average molecular weight is 285 g/mol. The molecule has 0 aliphatic carbocycles. The summed E-state index contributed by atoms with van der Waals surface area (Å²) in [6.45, 7) is -1.29. The van der Waals surface area contributed by atoms with Crippen LogP contribution >= 0.6 is 23.2 Å². The number of esters is 1. The molecule has 1 aromatic rings. The van der Waals surface area contributed by atoms with Gasteiger partial charge < -0.3 is 9.47 Å². The van der Waals surface area contributed by atoms with Gasteiger partial charge in [0.15, 0.2) is 0 Å². The molecule has 0 amide bonds. The summed E-state index contributed by atoms with van der Waals surface area (Å²) < 4.78 is 32.9. The summed E-state index contributed by atoms with van der Waals surface area (Å²) in [5, 5.41) is -0.0987. The molecule has 0 aliphatic rings. The Morgan fingerprint density at radius 2 is 2.00 bits per heavy atom. The predicted octanol–water partition coefficient (Wildman–Crippen LogP) is 3.77. The Bertz CT molecular complexity index is 424. The largest absolute Gasteiger partial charge is 0.462 e. The number of rotatable bonds is 4. The molecule has 0 heterocycles. The van der Waals surface area contributed by atoms with Gasteiger partial charge in [-0.1, -0.05) is 23.2 Å². The first-order valence-electron chi connectivity index (χ1n) is 4.56. The van der Waals surface area contributed by atoms with E-state index in [1.54, 1.807) is 6.92 Å². The van der Waals surface area contributed by atoms with E-state index in [-0.39, 0.29) is 28.0 Å². The highest BCUT2D eigenvalue weighted by Crippen LogP contribution is 2.32. The van der Waals surface area contributed by atoms with Gasteiger partial charge in [-0.2, -0.15) is 8.78 Å². The molecule has 0 unspecified atom stereocenters. The van der Waals surface area contributed by atoms with Crippen LogP contribution in [0.3, 0.4) is 0 Å². The van der Waals surface area contributed by atoms with Crippen LogP contribution in [0.25, 0.3) is 0 Å². The van der Waals surface area contributed by atoms with E-state index < -0.39 is 12.6 Å². The fourth-order valence-corrected chi connectivity index (χ4v) is 1.59. The molecule has 0 saturated carbocycles. The molecule has 94 valence electrons. The summed E-state index contributed by atoms with van der Waals surface area (Å²) in [5.41, 5.74) is -0.0754. The minimum Gasteiger partial charge on any atom is -0.462 e. The van der Waals surface area contributed by atoms with Crippen molar-refractivity contribution >= 4 is 29.2 Å². The molecular weight excluding hydrogens is 277 g/mol. The topological polar surface area (TPSA) is 35.5 Å². The fraction of sp³-hybridized carbons (Fsp3) is 0.300. The van der Waals surface area contributed by atoms with Crippen molar-refractivity contribution in [1.29, 1.82) is 0 Å². The van der Waals surface area contributed by atoms with Crippen molar-refractivity contribution in [2.45, 2.75) is 13.5 Å². The molecule has 0 atom stereocenters. The average Bonchev–Trinajstić information content (AvgIpc) is 2.21. The van der Waals surface area contributed by atoms with Crippen LogP contribution in [0.5, 0.6) is 5.75 Å². The van der Waals surface area contributed by atoms with Crippen molar-refractivity contribution in [1.82, 2.24) is 0 Å². The Morgan fingerprint density at radius 1 is 1.35 bits per heavy atom. The molecule has 0 N–H and O–H groups in total. The number of carbonyl (C=O) groups excluding carboxylic acids is 1. The van der Waals surface area contributed by atoms with Gasteiger partial charge in [-0.3, -0.25) is 0 Å². The highest BCUT2D eigenvalue weighted by atomic mass is 35.5. The van der Waals surface area contributed by atoms with E-state index in [9.17, 15) is 13.6 Å². The fourth-order valence-electron chi connectivity index (χ4n) is 1.08. The summed E-state index contributed by atoms with van der Waals surface area (Å²) in [7, 11) is 0. The van der Waals surface area contributed by atoms with Gasteiger partial charge in [-0.05, 0) is 19.1 Å². The van der Waals surface area contributed by atoms with E-state index in [4.69, 9.17) is 27.9 Å². The lowest BCUT2D eigenvalue weighted by atomic mass is 10.2. The molecule has 7 heteroatoms. The number of halogens is 4. The Balaban J connectivity index is 3.09. The van der Waals surface area contributed by atoms with Crippen molar-refractivity contribution in [2.75, 3.05) is 6.61 Å². The second kappa shape index (κ2) is 6.02. The number of carbonyl (C=O) groups is 1. The first kappa shape index (κ1) is 14.0. The summed E-state index contributed by atoms with van der Waals surface area (Å²) in [4.78, 5) is 11.4. The summed E-state index contributed by atoms with van der Waals surface area (Å²) >= 11 is 11.4. The van der Waals surface area contributed by atoms with Gasteiger partial charge in [0.25, 0.3) is 0 Å². The SMILES string of the molecule is CCOC(=O)c1cc(OC(F)F)c(Cl)cc1Cl. The van der Waals surface area contributed by atoms with Crippen LogP contribution in [0.15, 0.2) is 12.1 Å². The van der Waals surface area contributed by atoms with Crippen LogP contribution in [-0.4, -0.2) is 19.2 Å². The lowest BCUT2D eigenvalue weighted by Crippen LogP contribution is -2.08. The van der Waals surface area contributed by atoms with Gasteiger partial charge >= 0.3 is 12.6 Å². The predicted molar refractivity (Wildman–Crippen MR) is 59.1 cm³/mol. The summed E-state index contributed by atoms with van der Waals surface area (Å²) in [6.07, 6.45) is 0. The molecule has 3 nitrogen and oxygen atoms in total. The van der Waals surface area contributed by atoms with Gasteiger partial charge in [0.1, 0.15) is 5.75 Å². The molecular formula is C10H8Cl2F2O3. The van der Waals surface area contributed by atoms with Crippen LogP contribution in [0.2, 0.25) is 10.0 Å². The van der Waals surface area contributed by atoms with Crippen molar-refractivity contribution in [3.8, 4) is 5.75 Å². The van der Waals surface area contributed by atoms with Crippen LogP contribution in [0.1, 0.15) is 17.3 Å². The third-order valence-corrected chi connectivity index (χ3v) is 2.34. The van der Waals surface area contributed by atoms with Crippen LogP contribution in [-0.2, 0) is 4.74 Å². The van der Waals surface area contributed by atoms with Crippen molar-refractivity contribution in [2.24, 2.45) is 0 Å². The lowest BCUT2D eigenvalue weighted by molar-refractivity contribution is -0.0498. The molecule has 0 radical (unpaired) electrons. The van der Waals surface area contributed by atoms with Gasteiger partial charge in [0.2, 0.25) is 0 Å². The molecule has 1 rings (SSSR count). The number of hydrogen-bond acceptors (Lipinski definition) is 3. The van der Waals surface area contributed by atoms with Crippen molar-refractivity contribution < 1.29 is 23.0 Å². The van der Waals surface area contributed by atoms with E-state index in [2.05, 4.69) is 4.74 Å². The Morgan fingerprint density at radius 3 is 2.53 bits per heavy atom. The number of benzene rings is 1. The van der Waals surface area contributed by atoms with Crippen LogP contribution in [0, 0.1) is 0 Å². The molecule has 0 bridgehead atoms. The van der Waals surface area contributed by atoms with E-state index >= 15 is 0 Å². The normalized spacial score (nSPS) is 10.5. The Kier molecular flexibility index (Phi) is 4.96. The number of hydrogen-bond donors (Lipinski definition) is 0. The van der Waals surface area contributed by atoms with E-state index in [1.807, 2.05) is 0 Å². The van der Waals surface area contributed by atoms with Crippen molar-refractivity contribution in [3.63, 3.8) is 0 Å². The van der Waals surface area contributed by atoms with Gasteiger partial charge in [-0.25, -0.2) is 4.79 Å². The van der Waals surface area contributed by atoms with Crippen molar-refractivity contribution in [3.05, 3.63) is 27.7 Å². The Labute approximate surface area is 106 Å². The molecule has 0 spiro atoms. The maximum Gasteiger partial charge on any atom is 0.387 e. The maximum atomic E-state index is 12.1. The molecule has 0 fully saturated rings. The molecule has 1 aromatic carbocycles. The third-order valence-electron chi connectivity index (χ3n) is 1.73. The zero-order chi connectivity index (χ0) is 13.0. The molecule has 0 saturated heterocycles. The zero-order valence-corrected chi connectivity index (χ0v) is 10.2. The van der Waals surface area contributed by atoms with Gasteiger partial charge in [0.05, 0.1) is 22.2 Å². The number of ether oxygens (including phenoxy) is 2. The molecule has 17 heavy (non-hydrogen) atoms. The van der Waals surface area contributed by atoms with E-state index in [0.29, 0.717) is 0 Å². The standard InChI is InChI=1S/C10H8Cl2F2O3/c1-2-16-9(15)5-3-8(17-10(13)14)7(12)4-6(5)11/h3-4,10H,2H2,1H3. The van der Waals surface area contributed by atoms with Crippen LogP contribution in [0.4, 0.5) is 8.78 Å². The lowest BCUT2D eigenvalue weighted by Gasteiger charge is -2.10. The second-order valence-electron chi connectivity index (χ2n) is 2.86. The third kappa shape index (κ3) is 3.71.